The third kappa shape index (κ3) is 3.21. The molecule has 1 fully saturated rings. The van der Waals surface area contributed by atoms with E-state index in [1.54, 1.807) is 6.07 Å². The van der Waals surface area contributed by atoms with Gasteiger partial charge >= 0.3 is 7.12 Å². The molecule has 110 valence electrons. The maximum atomic E-state index is 9.66. The van der Waals surface area contributed by atoms with E-state index < -0.39 is 7.12 Å². The minimum Gasteiger partial charge on any atom is -0.494 e. The number of hydrogen-bond acceptors (Lipinski definition) is 4. The summed E-state index contributed by atoms with van der Waals surface area (Å²) in [5, 5.41) is 21.1. The predicted octanol–water partition coefficient (Wildman–Crippen LogP) is 1.47. The Hall–Kier alpha value is -1.56. The fraction of sp³-hybridized carbons (Fsp3) is 0.375. The van der Waals surface area contributed by atoms with E-state index in [1.807, 2.05) is 30.3 Å². The quantitative estimate of drug-likeness (QED) is 0.817. The molecule has 0 aromatic heterocycles. The minimum atomic E-state index is -1.55. The Balaban J connectivity index is 1.78. The van der Waals surface area contributed by atoms with Crippen molar-refractivity contribution in [3.05, 3.63) is 36.4 Å². The average Bonchev–Trinajstić information content (AvgIpc) is 3.00. The summed E-state index contributed by atoms with van der Waals surface area (Å²) in [6.07, 6.45) is 3.29. The first-order valence-electron chi connectivity index (χ1n) is 7.38. The molecule has 0 saturated carbocycles. The van der Waals surface area contributed by atoms with Gasteiger partial charge in [0.15, 0.2) is 0 Å². The molecule has 2 aromatic rings. The first-order chi connectivity index (χ1) is 10.3. The Morgan fingerprint density at radius 2 is 2.05 bits per heavy atom. The van der Waals surface area contributed by atoms with Gasteiger partial charge in [-0.05, 0) is 29.7 Å². The molecule has 1 saturated heterocycles. The molecule has 1 unspecified atom stereocenters. The lowest BCUT2D eigenvalue weighted by Gasteiger charge is -2.15. The molecule has 0 radical (unpaired) electrons. The first-order valence-corrected chi connectivity index (χ1v) is 7.38. The molecule has 21 heavy (non-hydrogen) atoms. The van der Waals surface area contributed by atoms with Crippen LogP contribution in [0.3, 0.4) is 0 Å². The second kappa shape index (κ2) is 6.47. The number of hydrogen-bond donors (Lipinski definition) is 2. The van der Waals surface area contributed by atoms with Crippen molar-refractivity contribution >= 4 is 23.4 Å². The molecule has 1 atom stereocenters. The van der Waals surface area contributed by atoms with E-state index in [9.17, 15) is 10.0 Å². The Labute approximate surface area is 124 Å². The molecule has 0 amide bonds. The Morgan fingerprint density at radius 3 is 2.81 bits per heavy atom. The maximum Gasteiger partial charge on any atom is 0.492 e. The van der Waals surface area contributed by atoms with Crippen molar-refractivity contribution in [2.45, 2.75) is 25.4 Å². The van der Waals surface area contributed by atoms with Crippen LogP contribution in [0.2, 0.25) is 0 Å². The van der Waals surface area contributed by atoms with E-state index in [4.69, 9.17) is 9.47 Å². The highest BCUT2D eigenvalue weighted by Crippen LogP contribution is 2.20. The van der Waals surface area contributed by atoms with Gasteiger partial charge in [-0.1, -0.05) is 30.3 Å². The van der Waals surface area contributed by atoms with E-state index in [2.05, 4.69) is 0 Å². The van der Waals surface area contributed by atoms with Crippen LogP contribution in [0.25, 0.3) is 10.8 Å². The molecule has 0 bridgehead atoms. The van der Waals surface area contributed by atoms with E-state index in [1.165, 1.54) is 0 Å². The van der Waals surface area contributed by atoms with Gasteiger partial charge in [0, 0.05) is 18.5 Å². The predicted molar refractivity (Wildman–Crippen MR) is 82.9 cm³/mol. The largest absolute Gasteiger partial charge is 0.494 e. The van der Waals surface area contributed by atoms with Gasteiger partial charge in [0.2, 0.25) is 0 Å². The summed E-state index contributed by atoms with van der Waals surface area (Å²) in [5.41, 5.74) is 0.431. The monoisotopic (exact) mass is 286 g/mol. The van der Waals surface area contributed by atoms with Crippen LogP contribution in [0, 0.1) is 0 Å². The third-order valence-corrected chi connectivity index (χ3v) is 3.91. The van der Waals surface area contributed by atoms with Gasteiger partial charge in [-0.3, -0.25) is 0 Å². The highest BCUT2D eigenvalue weighted by Gasteiger charge is 2.21. The van der Waals surface area contributed by atoms with Crippen LogP contribution in [0.4, 0.5) is 0 Å². The molecular formula is C16H19BO4. The Kier molecular flexibility index (Phi) is 4.43. The summed E-state index contributed by atoms with van der Waals surface area (Å²) in [5.74, 6) is 0.529. The van der Waals surface area contributed by atoms with Crippen molar-refractivity contribution in [2.24, 2.45) is 0 Å². The summed E-state index contributed by atoms with van der Waals surface area (Å²) < 4.78 is 11.3. The van der Waals surface area contributed by atoms with Crippen LogP contribution in [-0.4, -0.2) is 36.5 Å². The fourth-order valence-corrected chi connectivity index (χ4v) is 2.84. The Bertz CT molecular complexity index is 608. The highest BCUT2D eigenvalue weighted by atomic mass is 16.5. The molecule has 1 aliphatic rings. The van der Waals surface area contributed by atoms with Crippen LogP contribution >= 0.6 is 0 Å². The molecule has 0 spiro atoms. The van der Waals surface area contributed by atoms with E-state index in [0.29, 0.717) is 17.8 Å². The average molecular weight is 286 g/mol. The van der Waals surface area contributed by atoms with Crippen molar-refractivity contribution in [1.82, 2.24) is 0 Å². The molecule has 1 heterocycles. The van der Waals surface area contributed by atoms with Crippen molar-refractivity contribution < 1.29 is 19.5 Å². The summed E-state index contributed by atoms with van der Waals surface area (Å²) in [4.78, 5) is 0. The van der Waals surface area contributed by atoms with Crippen LogP contribution in [0.15, 0.2) is 36.4 Å². The number of ether oxygens (including phenoxy) is 2. The number of rotatable bonds is 5. The zero-order chi connectivity index (χ0) is 14.7. The van der Waals surface area contributed by atoms with Gasteiger partial charge < -0.3 is 19.5 Å². The van der Waals surface area contributed by atoms with Crippen LogP contribution in [0.1, 0.15) is 19.3 Å². The van der Waals surface area contributed by atoms with E-state index in [-0.39, 0.29) is 6.10 Å². The van der Waals surface area contributed by atoms with Gasteiger partial charge in [-0.25, -0.2) is 0 Å². The van der Waals surface area contributed by atoms with E-state index in [0.717, 1.165) is 36.6 Å². The van der Waals surface area contributed by atoms with E-state index >= 15 is 0 Å². The lowest BCUT2D eigenvalue weighted by molar-refractivity contribution is 0.0905. The normalized spacial score (nSPS) is 18.1. The van der Waals surface area contributed by atoms with Gasteiger partial charge in [-0.15, -0.1) is 0 Å². The van der Waals surface area contributed by atoms with Crippen molar-refractivity contribution in [1.29, 1.82) is 0 Å². The topological polar surface area (TPSA) is 58.9 Å². The zero-order valence-corrected chi connectivity index (χ0v) is 11.9. The summed E-state index contributed by atoms with van der Waals surface area (Å²) in [7, 11) is -1.55. The number of benzene rings is 2. The Morgan fingerprint density at radius 1 is 1.19 bits per heavy atom. The molecule has 5 heteroatoms. The molecule has 1 aliphatic heterocycles. The van der Waals surface area contributed by atoms with Crippen LogP contribution in [0.5, 0.6) is 5.75 Å². The van der Waals surface area contributed by atoms with Crippen molar-refractivity contribution in [3.63, 3.8) is 0 Å². The lowest BCUT2D eigenvalue weighted by Crippen LogP contribution is -2.32. The summed E-state index contributed by atoms with van der Waals surface area (Å²) >= 11 is 0. The maximum absolute atomic E-state index is 9.66. The molecule has 2 aromatic carbocycles. The molecule has 3 rings (SSSR count). The van der Waals surface area contributed by atoms with Gasteiger partial charge in [0.1, 0.15) is 5.75 Å². The van der Waals surface area contributed by atoms with Gasteiger partial charge in [-0.2, -0.15) is 0 Å². The smallest absolute Gasteiger partial charge is 0.492 e. The lowest BCUT2D eigenvalue weighted by atomic mass is 9.76. The SMILES string of the molecule is OB(O)c1c(OCCC2CCCO2)ccc2ccccc12. The zero-order valence-electron chi connectivity index (χ0n) is 11.9. The number of fused-ring (bicyclic) bond motifs is 1. The highest BCUT2D eigenvalue weighted by molar-refractivity contribution is 6.63. The van der Waals surface area contributed by atoms with Gasteiger partial charge in [0.25, 0.3) is 0 Å². The molecule has 0 aliphatic carbocycles. The van der Waals surface area contributed by atoms with Crippen molar-refractivity contribution in [3.8, 4) is 5.75 Å². The third-order valence-electron chi connectivity index (χ3n) is 3.91. The first kappa shape index (κ1) is 14.4. The second-order valence-electron chi connectivity index (χ2n) is 5.34. The molecular weight excluding hydrogens is 267 g/mol. The van der Waals surface area contributed by atoms with Crippen molar-refractivity contribution in [2.75, 3.05) is 13.2 Å². The van der Waals surface area contributed by atoms with Crippen LogP contribution in [-0.2, 0) is 4.74 Å². The van der Waals surface area contributed by atoms with Crippen LogP contribution < -0.4 is 10.2 Å². The minimum absolute atomic E-state index is 0.271. The second-order valence-corrected chi connectivity index (χ2v) is 5.34. The molecule has 4 nitrogen and oxygen atoms in total. The van der Waals surface area contributed by atoms with Gasteiger partial charge in [0.05, 0.1) is 12.7 Å². The standard InChI is InChI=1S/C16H19BO4/c18-17(19)16-14-6-2-1-4-12(14)7-8-15(16)21-11-9-13-5-3-10-20-13/h1-2,4,6-8,13,18-19H,3,5,9-11H2. The molecule has 2 N–H and O–H groups in total. The summed E-state index contributed by atoms with van der Waals surface area (Å²) in [6.45, 7) is 1.35. The fourth-order valence-electron chi connectivity index (χ4n) is 2.84. The summed E-state index contributed by atoms with van der Waals surface area (Å²) in [6, 6.07) is 11.3.